The topological polar surface area (TPSA) is 28.2 Å². The summed E-state index contributed by atoms with van der Waals surface area (Å²) in [5.74, 6) is 0.291. The molecule has 1 aromatic rings. The normalized spacial score (nSPS) is 22.4. The van der Waals surface area contributed by atoms with Crippen LogP contribution in [0.25, 0.3) is 0 Å². The lowest BCUT2D eigenvalue weighted by atomic mass is 10.1. The maximum Gasteiger partial charge on any atom is 0.401 e. The molecule has 2 atom stereocenters. The highest BCUT2D eigenvalue weighted by Gasteiger charge is 2.34. The van der Waals surface area contributed by atoms with Crippen molar-refractivity contribution in [2.24, 2.45) is 5.92 Å². The average Bonchev–Trinajstić information content (AvgIpc) is 2.93. The van der Waals surface area contributed by atoms with Crippen molar-refractivity contribution in [1.29, 1.82) is 0 Å². The lowest BCUT2D eigenvalue weighted by Crippen LogP contribution is -2.34. The fourth-order valence-electron chi connectivity index (χ4n) is 2.50. The lowest BCUT2D eigenvalue weighted by molar-refractivity contribution is -0.143. The molecule has 0 amide bonds. The fraction of sp³-hybridized carbons (Fsp3) is 0.769. The number of thiazole rings is 1. The van der Waals surface area contributed by atoms with Gasteiger partial charge in [-0.3, -0.25) is 4.90 Å². The Morgan fingerprint density at radius 3 is 2.90 bits per heavy atom. The molecule has 20 heavy (non-hydrogen) atoms. The number of likely N-dealkylation sites (tertiary alicyclic amines) is 1. The highest BCUT2D eigenvalue weighted by Crippen LogP contribution is 2.23. The van der Waals surface area contributed by atoms with Crippen LogP contribution in [-0.2, 0) is 0 Å². The van der Waals surface area contributed by atoms with E-state index in [9.17, 15) is 13.2 Å². The molecule has 0 aliphatic carbocycles. The molecule has 1 N–H and O–H groups in total. The Morgan fingerprint density at radius 2 is 2.30 bits per heavy atom. The second kappa shape index (κ2) is 6.41. The average molecular weight is 307 g/mol. The third-order valence-electron chi connectivity index (χ3n) is 3.57. The highest BCUT2D eigenvalue weighted by atomic mass is 32.1. The van der Waals surface area contributed by atoms with Gasteiger partial charge in [-0.1, -0.05) is 0 Å². The summed E-state index contributed by atoms with van der Waals surface area (Å²) < 4.78 is 36.9. The first-order valence-electron chi connectivity index (χ1n) is 6.78. The first-order valence-corrected chi connectivity index (χ1v) is 7.66. The van der Waals surface area contributed by atoms with Crippen molar-refractivity contribution < 1.29 is 13.2 Å². The Morgan fingerprint density at radius 1 is 1.55 bits per heavy atom. The lowest BCUT2D eigenvalue weighted by Gasteiger charge is -2.19. The molecule has 7 heteroatoms. The number of hydrogen-bond donors (Lipinski definition) is 1. The van der Waals surface area contributed by atoms with Crippen LogP contribution < -0.4 is 5.32 Å². The van der Waals surface area contributed by atoms with Gasteiger partial charge in [0.25, 0.3) is 0 Å². The van der Waals surface area contributed by atoms with Gasteiger partial charge in [0.2, 0.25) is 0 Å². The van der Waals surface area contributed by atoms with Gasteiger partial charge in [0.1, 0.15) is 0 Å². The van der Waals surface area contributed by atoms with E-state index in [0.29, 0.717) is 19.0 Å². The highest BCUT2D eigenvalue weighted by molar-refractivity contribution is 7.09. The smallest absolute Gasteiger partial charge is 0.309 e. The quantitative estimate of drug-likeness (QED) is 0.906. The summed E-state index contributed by atoms with van der Waals surface area (Å²) in [5, 5.41) is 6.43. The van der Waals surface area contributed by atoms with Crippen LogP contribution in [0.15, 0.2) is 5.38 Å². The number of halogens is 3. The largest absolute Gasteiger partial charge is 0.401 e. The van der Waals surface area contributed by atoms with Crippen LogP contribution in [-0.4, -0.2) is 42.2 Å². The molecule has 0 spiro atoms. The molecule has 1 aliphatic heterocycles. The van der Waals surface area contributed by atoms with Gasteiger partial charge in [-0.25, -0.2) is 4.98 Å². The van der Waals surface area contributed by atoms with E-state index in [0.717, 1.165) is 23.7 Å². The van der Waals surface area contributed by atoms with E-state index in [1.54, 1.807) is 11.3 Å². The third kappa shape index (κ3) is 4.71. The maximum atomic E-state index is 12.3. The van der Waals surface area contributed by atoms with Crippen molar-refractivity contribution in [3.8, 4) is 0 Å². The van der Waals surface area contributed by atoms with E-state index in [1.165, 1.54) is 4.90 Å². The Bertz CT molecular complexity index is 433. The van der Waals surface area contributed by atoms with Gasteiger partial charge in [0, 0.05) is 18.0 Å². The van der Waals surface area contributed by atoms with Crippen molar-refractivity contribution in [2.75, 3.05) is 26.2 Å². The number of aryl methyl sites for hydroxylation is 1. The molecular formula is C13H20F3N3S. The first kappa shape index (κ1) is 15.7. The molecule has 2 unspecified atom stereocenters. The molecule has 114 valence electrons. The molecular weight excluding hydrogens is 287 g/mol. The minimum absolute atomic E-state index is 0.150. The van der Waals surface area contributed by atoms with Crippen molar-refractivity contribution in [1.82, 2.24) is 15.2 Å². The van der Waals surface area contributed by atoms with Gasteiger partial charge < -0.3 is 5.32 Å². The third-order valence-corrected chi connectivity index (χ3v) is 4.36. The van der Waals surface area contributed by atoms with Crippen molar-refractivity contribution in [2.45, 2.75) is 32.5 Å². The van der Waals surface area contributed by atoms with E-state index >= 15 is 0 Å². The molecule has 1 fully saturated rings. The fourth-order valence-corrected chi connectivity index (χ4v) is 3.21. The zero-order chi connectivity index (χ0) is 14.8. The number of rotatable bonds is 5. The molecule has 0 radical (unpaired) electrons. The van der Waals surface area contributed by atoms with Gasteiger partial charge in [0.15, 0.2) is 0 Å². The summed E-state index contributed by atoms with van der Waals surface area (Å²) in [7, 11) is 0. The first-order chi connectivity index (χ1) is 9.33. The molecule has 0 aromatic carbocycles. The van der Waals surface area contributed by atoms with Crippen LogP contribution in [0.5, 0.6) is 0 Å². The summed E-state index contributed by atoms with van der Waals surface area (Å²) in [6.07, 6.45) is -3.26. The Hall–Kier alpha value is -0.660. The van der Waals surface area contributed by atoms with E-state index < -0.39 is 12.7 Å². The zero-order valence-electron chi connectivity index (χ0n) is 11.7. The molecule has 1 aliphatic rings. The number of nitrogens with one attached hydrogen (secondary N) is 1. The van der Waals surface area contributed by atoms with E-state index in [4.69, 9.17) is 0 Å². The van der Waals surface area contributed by atoms with Crippen LogP contribution in [0, 0.1) is 12.8 Å². The van der Waals surface area contributed by atoms with Gasteiger partial charge in [-0.05, 0) is 39.3 Å². The second-order valence-corrected chi connectivity index (χ2v) is 6.49. The van der Waals surface area contributed by atoms with E-state index in [2.05, 4.69) is 10.3 Å². The molecule has 3 nitrogen and oxygen atoms in total. The summed E-state index contributed by atoms with van der Waals surface area (Å²) >= 11 is 1.61. The zero-order valence-corrected chi connectivity index (χ0v) is 12.5. The Labute approximate surface area is 121 Å². The SMILES string of the molecule is Cc1nc(C(C)NCC2CCN(CC(F)(F)F)C2)cs1. The standard InChI is InChI=1S/C13H20F3N3S/c1-9(12-7-20-10(2)18-12)17-5-11-3-4-19(6-11)8-13(14,15)16/h7,9,11,17H,3-6,8H2,1-2H3. The molecule has 1 saturated heterocycles. The number of nitrogens with zero attached hydrogens (tertiary/aromatic N) is 2. The van der Waals surface area contributed by atoms with Crippen molar-refractivity contribution in [3.05, 3.63) is 16.1 Å². The van der Waals surface area contributed by atoms with Crippen LogP contribution in [0.3, 0.4) is 0 Å². The summed E-state index contributed by atoms with van der Waals surface area (Å²) in [6.45, 7) is 5.02. The van der Waals surface area contributed by atoms with E-state index in [-0.39, 0.29) is 6.04 Å². The van der Waals surface area contributed by atoms with Gasteiger partial charge in [0.05, 0.1) is 17.2 Å². The summed E-state index contributed by atoms with van der Waals surface area (Å²) in [6, 6.07) is 0.150. The van der Waals surface area contributed by atoms with Crippen LogP contribution in [0.1, 0.15) is 30.1 Å². The molecule has 2 heterocycles. The molecule has 2 rings (SSSR count). The number of aromatic nitrogens is 1. The molecule has 0 bridgehead atoms. The van der Waals surface area contributed by atoms with Crippen LogP contribution in [0.2, 0.25) is 0 Å². The van der Waals surface area contributed by atoms with Crippen LogP contribution in [0.4, 0.5) is 13.2 Å². The van der Waals surface area contributed by atoms with Gasteiger partial charge >= 0.3 is 6.18 Å². The predicted molar refractivity (Wildman–Crippen MR) is 73.9 cm³/mol. The Balaban J connectivity index is 1.73. The Kier molecular flexibility index (Phi) is 5.04. The molecule has 0 saturated carbocycles. The van der Waals surface area contributed by atoms with E-state index in [1.807, 2.05) is 19.2 Å². The number of hydrogen-bond acceptors (Lipinski definition) is 4. The monoisotopic (exact) mass is 307 g/mol. The van der Waals surface area contributed by atoms with Crippen molar-refractivity contribution in [3.63, 3.8) is 0 Å². The maximum absolute atomic E-state index is 12.3. The minimum atomic E-state index is -4.09. The van der Waals surface area contributed by atoms with Crippen molar-refractivity contribution >= 4 is 11.3 Å². The molecule has 1 aromatic heterocycles. The summed E-state index contributed by atoms with van der Waals surface area (Å²) in [5.41, 5.74) is 1.01. The minimum Gasteiger partial charge on any atom is -0.309 e. The predicted octanol–water partition coefficient (Wildman–Crippen LogP) is 2.99. The van der Waals surface area contributed by atoms with Gasteiger partial charge in [-0.15, -0.1) is 11.3 Å². The second-order valence-electron chi connectivity index (χ2n) is 5.43. The van der Waals surface area contributed by atoms with Gasteiger partial charge in [-0.2, -0.15) is 13.2 Å². The van der Waals surface area contributed by atoms with Crippen LogP contribution >= 0.6 is 11.3 Å². The summed E-state index contributed by atoms with van der Waals surface area (Å²) in [4.78, 5) is 5.91. The number of alkyl halides is 3.